The van der Waals surface area contributed by atoms with E-state index in [1.807, 2.05) is 30.3 Å². The zero-order valence-electron chi connectivity index (χ0n) is 15.7. The highest BCUT2D eigenvalue weighted by atomic mass is 16.5. The molecule has 2 unspecified atom stereocenters. The minimum absolute atomic E-state index is 0.0713. The van der Waals surface area contributed by atoms with E-state index in [1.54, 1.807) is 32.4 Å². The lowest BCUT2D eigenvalue weighted by Gasteiger charge is -2.22. The number of ether oxygens (including phenoxy) is 3. The highest BCUT2D eigenvalue weighted by Crippen LogP contribution is 2.30. The van der Waals surface area contributed by atoms with E-state index in [-0.39, 0.29) is 12.1 Å². The molecule has 1 heterocycles. The molecule has 0 bridgehead atoms. The molecule has 0 aliphatic carbocycles. The average molecular weight is 370 g/mol. The van der Waals surface area contributed by atoms with E-state index in [1.165, 1.54) is 0 Å². The molecule has 0 spiro atoms. The van der Waals surface area contributed by atoms with Crippen molar-refractivity contribution in [3.63, 3.8) is 0 Å². The molecule has 2 amide bonds. The van der Waals surface area contributed by atoms with E-state index >= 15 is 0 Å². The number of carbonyl (C=O) groups is 1. The lowest BCUT2D eigenvalue weighted by molar-refractivity contribution is 0.181. The topological polar surface area (TPSA) is 68.8 Å². The molecule has 0 aromatic heterocycles. The van der Waals surface area contributed by atoms with Crippen LogP contribution in [0.15, 0.2) is 48.5 Å². The molecule has 6 heteroatoms. The second-order valence-electron chi connectivity index (χ2n) is 6.60. The molecule has 0 saturated carbocycles. The number of carbonyl (C=O) groups excluding carboxylic acids is 1. The molecule has 1 aliphatic heterocycles. The first-order valence-electron chi connectivity index (χ1n) is 9.12. The third-order valence-electron chi connectivity index (χ3n) is 4.74. The van der Waals surface area contributed by atoms with Crippen LogP contribution in [-0.4, -0.2) is 33.5 Å². The fourth-order valence-corrected chi connectivity index (χ4v) is 3.31. The van der Waals surface area contributed by atoms with E-state index in [0.717, 1.165) is 31.6 Å². The summed E-state index contributed by atoms with van der Waals surface area (Å²) in [6.07, 6.45) is 1.88. The number of benzene rings is 2. The number of anilines is 1. The van der Waals surface area contributed by atoms with Crippen molar-refractivity contribution < 1.29 is 19.0 Å². The second-order valence-corrected chi connectivity index (χ2v) is 6.60. The summed E-state index contributed by atoms with van der Waals surface area (Å²) in [5.41, 5.74) is 1.73. The summed E-state index contributed by atoms with van der Waals surface area (Å²) in [6, 6.07) is 15.0. The van der Waals surface area contributed by atoms with E-state index < -0.39 is 0 Å². The van der Waals surface area contributed by atoms with Crippen molar-refractivity contribution in [2.24, 2.45) is 5.92 Å². The van der Waals surface area contributed by atoms with Crippen molar-refractivity contribution in [2.45, 2.75) is 18.9 Å². The van der Waals surface area contributed by atoms with Crippen molar-refractivity contribution in [3.8, 4) is 11.5 Å². The van der Waals surface area contributed by atoms with Gasteiger partial charge in [-0.3, -0.25) is 0 Å². The summed E-state index contributed by atoms with van der Waals surface area (Å²) >= 11 is 0. The van der Waals surface area contributed by atoms with Crippen molar-refractivity contribution in [3.05, 3.63) is 54.1 Å². The molecule has 1 aliphatic rings. The fraction of sp³-hybridized carbons (Fsp3) is 0.381. The number of urea groups is 1. The number of nitrogens with one attached hydrogen (secondary N) is 2. The van der Waals surface area contributed by atoms with Crippen molar-refractivity contribution >= 4 is 11.7 Å². The molecule has 144 valence electrons. The molecule has 27 heavy (non-hydrogen) atoms. The Morgan fingerprint density at radius 2 is 1.93 bits per heavy atom. The smallest absolute Gasteiger partial charge is 0.319 e. The maximum absolute atomic E-state index is 12.6. The maximum Gasteiger partial charge on any atom is 0.319 e. The highest BCUT2D eigenvalue weighted by Gasteiger charge is 2.23. The van der Waals surface area contributed by atoms with Gasteiger partial charge in [0.1, 0.15) is 0 Å². The zero-order chi connectivity index (χ0) is 19.1. The van der Waals surface area contributed by atoms with Crippen molar-refractivity contribution in [1.29, 1.82) is 0 Å². The van der Waals surface area contributed by atoms with Gasteiger partial charge in [-0.1, -0.05) is 30.3 Å². The predicted octanol–water partition coefficient (Wildman–Crippen LogP) is 3.99. The van der Waals surface area contributed by atoms with Gasteiger partial charge in [0.15, 0.2) is 11.5 Å². The van der Waals surface area contributed by atoms with Gasteiger partial charge in [0.25, 0.3) is 0 Å². The Morgan fingerprint density at radius 1 is 1.15 bits per heavy atom. The van der Waals surface area contributed by atoms with Crippen LogP contribution in [0, 0.1) is 5.92 Å². The fourth-order valence-electron chi connectivity index (χ4n) is 3.31. The van der Waals surface area contributed by atoms with Crippen molar-refractivity contribution in [2.75, 3.05) is 32.8 Å². The Kier molecular flexibility index (Phi) is 6.54. The van der Waals surface area contributed by atoms with Gasteiger partial charge in [0.05, 0.1) is 20.3 Å². The summed E-state index contributed by atoms with van der Waals surface area (Å²) in [6.45, 7) is 1.55. The molecule has 6 nitrogen and oxygen atoms in total. The van der Waals surface area contributed by atoms with Gasteiger partial charge in [-0.25, -0.2) is 4.79 Å². The van der Waals surface area contributed by atoms with Crippen LogP contribution in [0.5, 0.6) is 11.5 Å². The molecule has 1 fully saturated rings. The largest absolute Gasteiger partial charge is 0.493 e. The third kappa shape index (κ3) is 5.14. The van der Waals surface area contributed by atoms with Crippen LogP contribution in [0.2, 0.25) is 0 Å². The summed E-state index contributed by atoms with van der Waals surface area (Å²) in [4.78, 5) is 12.6. The summed E-state index contributed by atoms with van der Waals surface area (Å²) < 4.78 is 16.0. The standard InChI is InChI=1S/C21H26N2O4/c1-25-19-9-8-17(13-20(19)26-2)22-21(24)23-18(12-15-10-11-27-14-15)16-6-4-3-5-7-16/h3-9,13,15,18H,10-12,14H2,1-2H3,(H2,22,23,24). The van der Waals surface area contributed by atoms with E-state index in [4.69, 9.17) is 14.2 Å². The van der Waals surface area contributed by atoms with Crippen LogP contribution in [0.4, 0.5) is 10.5 Å². The van der Waals surface area contributed by atoms with Crippen LogP contribution in [0.1, 0.15) is 24.4 Å². The number of amides is 2. The van der Waals surface area contributed by atoms with Gasteiger partial charge in [-0.15, -0.1) is 0 Å². The normalized spacial score (nSPS) is 17.2. The Balaban J connectivity index is 1.68. The monoisotopic (exact) mass is 370 g/mol. The Bertz CT molecular complexity index is 745. The lowest BCUT2D eigenvalue weighted by atomic mass is 9.94. The molecule has 2 N–H and O–H groups in total. The van der Waals surface area contributed by atoms with Gasteiger partial charge in [-0.05, 0) is 36.5 Å². The molecule has 1 saturated heterocycles. The quantitative estimate of drug-likeness (QED) is 0.773. The van der Waals surface area contributed by atoms with E-state index in [0.29, 0.717) is 23.1 Å². The van der Waals surface area contributed by atoms with Crippen LogP contribution in [0.3, 0.4) is 0 Å². The molecule has 2 aromatic rings. The summed E-state index contributed by atoms with van der Waals surface area (Å²) in [7, 11) is 3.14. The van der Waals surface area contributed by atoms with Gasteiger partial charge in [0, 0.05) is 25.0 Å². The predicted molar refractivity (Wildman–Crippen MR) is 104 cm³/mol. The number of methoxy groups -OCH3 is 2. The lowest BCUT2D eigenvalue weighted by Crippen LogP contribution is -2.33. The number of rotatable bonds is 7. The maximum atomic E-state index is 12.6. The van der Waals surface area contributed by atoms with Gasteiger partial charge < -0.3 is 24.8 Å². The first-order valence-corrected chi connectivity index (χ1v) is 9.12. The molecular weight excluding hydrogens is 344 g/mol. The molecule has 0 radical (unpaired) electrons. The summed E-state index contributed by atoms with van der Waals surface area (Å²) in [5.74, 6) is 1.64. The first kappa shape index (κ1) is 19.0. The van der Waals surface area contributed by atoms with Crippen LogP contribution >= 0.6 is 0 Å². The minimum Gasteiger partial charge on any atom is -0.493 e. The van der Waals surface area contributed by atoms with E-state index in [2.05, 4.69) is 10.6 Å². The van der Waals surface area contributed by atoms with Crippen LogP contribution < -0.4 is 20.1 Å². The summed E-state index contributed by atoms with van der Waals surface area (Å²) in [5, 5.41) is 5.97. The highest BCUT2D eigenvalue weighted by molar-refractivity contribution is 5.90. The average Bonchev–Trinajstić information content (AvgIpc) is 3.21. The SMILES string of the molecule is COc1ccc(NC(=O)NC(CC2CCOC2)c2ccccc2)cc1OC. The number of hydrogen-bond donors (Lipinski definition) is 2. The van der Waals surface area contributed by atoms with Crippen LogP contribution in [0.25, 0.3) is 0 Å². The number of hydrogen-bond acceptors (Lipinski definition) is 4. The Hall–Kier alpha value is -2.73. The Morgan fingerprint density at radius 3 is 2.59 bits per heavy atom. The van der Waals surface area contributed by atoms with Crippen LogP contribution in [-0.2, 0) is 4.74 Å². The second kappa shape index (κ2) is 9.28. The first-order chi connectivity index (χ1) is 13.2. The Labute approximate surface area is 159 Å². The van der Waals surface area contributed by atoms with E-state index in [9.17, 15) is 4.79 Å². The molecule has 2 atom stereocenters. The van der Waals surface area contributed by atoms with Crippen molar-refractivity contribution in [1.82, 2.24) is 5.32 Å². The molecule has 2 aromatic carbocycles. The third-order valence-corrected chi connectivity index (χ3v) is 4.74. The molecule has 3 rings (SSSR count). The molecular formula is C21H26N2O4. The minimum atomic E-state index is -0.255. The van der Waals surface area contributed by atoms with Gasteiger partial charge in [-0.2, -0.15) is 0 Å². The zero-order valence-corrected chi connectivity index (χ0v) is 15.7. The van der Waals surface area contributed by atoms with Gasteiger partial charge in [0.2, 0.25) is 0 Å². The van der Waals surface area contributed by atoms with Gasteiger partial charge >= 0.3 is 6.03 Å².